The molecule has 1 aliphatic heterocycles. The first-order valence-electron chi connectivity index (χ1n) is 8.57. The summed E-state index contributed by atoms with van der Waals surface area (Å²) in [5.74, 6) is 1.28. The summed E-state index contributed by atoms with van der Waals surface area (Å²) in [5.41, 5.74) is 3.72. The SMILES string of the molecule is Cc1ccc(CCC(=O)Nc2ccnn2C[C@@H]2CCOC2)c(C)c1. The van der Waals surface area contributed by atoms with Crippen LogP contribution >= 0.6 is 0 Å². The molecule has 2 heterocycles. The highest BCUT2D eigenvalue weighted by Gasteiger charge is 2.18. The van der Waals surface area contributed by atoms with Gasteiger partial charge in [0.15, 0.2) is 0 Å². The first kappa shape index (κ1) is 16.7. The van der Waals surface area contributed by atoms with Crippen LogP contribution in [0.2, 0.25) is 0 Å². The Balaban J connectivity index is 1.54. The molecule has 24 heavy (non-hydrogen) atoms. The number of nitrogens with zero attached hydrogens (tertiary/aromatic N) is 2. The second-order valence-electron chi connectivity index (χ2n) is 6.61. The predicted octanol–water partition coefficient (Wildman–Crippen LogP) is 3.11. The molecule has 1 amide bonds. The maximum atomic E-state index is 12.3. The molecule has 1 aromatic carbocycles. The smallest absolute Gasteiger partial charge is 0.225 e. The van der Waals surface area contributed by atoms with E-state index in [1.54, 1.807) is 6.20 Å². The zero-order valence-electron chi connectivity index (χ0n) is 14.4. The fourth-order valence-corrected chi connectivity index (χ4v) is 3.14. The Morgan fingerprint density at radius 3 is 3.00 bits per heavy atom. The zero-order valence-corrected chi connectivity index (χ0v) is 14.4. The third-order valence-corrected chi connectivity index (χ3v) is 4.56. The van der Waals surface area contributed by atoms with Gasteiger partial charge in [-0.1, -0.05) is 23.8 Å². The number of carbonyl (C=O) groups excluding carboxylic acids is 1. The summed E-state index contributed by atoms with van der Waals surface area (Å²) in [5, 5.41) is 7.31. The summed E-state index contributed by atoms with van der Waals surface area (Å²) in [6.07, 6.45) is 4.01. The number of anilines is 1. The van der Waals surface area contributed by atoms with Crippen LogP contribution in [0.25, 0.3) is 0 Å². The molecule has 5 nitrogen and oxygen atoms in total. The normalized spacial score (nSPS) is 17.2. The van der Waals surface area contributed by atoms with E-state index in [4.69, 9.17) is 4.74 Å². The van der Waals surface area contributed by atoms with Crippen LogP contribution in [0.15, 0.2) is 30.5 Å². The summed E-state index contributed by atoms with van der Waals surface area (Å²) < 4.78 is 7.27. The number of rotatable bonds is 6. The van der Waals surface area contributed by atoms with Gasteiger partial charge in [-0.15, -0.1) is 0 Å². The van der Waals surface area contributed by atoms with E-state index in [0.29, 0.717) is 12.3 Å². The van der Waals surface area contributed by atoms with Crippen molar-refractivity contribution in [2.24, 2.45) is 5.92 Å². The minimum atomic E-state index is 0.0272. The van der Waals surface area contributed by atoms with Crippen molar-refractivity contribution in [1.82, 2.24) is 9.78 Å². The topological polar surface area (TPSA) is 56.2 Å². The van der Waals surface area contributed by atoms with Gasteiger partial charge in [-0.05, 0) is 37.8 Å². The summed E-state index contributed by atoms with van der Waals surface area (Å²) in [6.45, 7) is 6.57. The van der Waals surface area contributed by atoms with E-state index in [1.165, 1.54) is 16.7 Å². The minimum Gasteiger partial charge on any atom is -0.381 e. The lowest BCUT2D eigenvalue weighted by Gasteiger charge is -2.12. The van der Waals surface area contributed by atoms with Gasteiger partial charge in [0.05, 0.1) is 12.8 Å². The second kappa shape index (κ2) is 7.62. The summed E-state index contributed by atoms with van der Waals surface area (Å²) in [7, 11) is 0. The minimum absolute atomic E-state index is 0.0272. The summed E-state index contributed by atoms with van der Waals surface area (Å²) in [4.78, 5) is 12.3. The predicted molar refractivity (Wildman–Crippen MR) is 94.0 cm³/mol. The molecule has 0 spiro atoms. The molecular formula is C19H25N3O2. The molecule has 0 bridgehead atoms. The fourth-order valence-electron chi connectivity index (χ4n) is 3.14. The van der Waals surface area contributed by atoms with E-state index < -0.39 is 0 Å². The number of hydrogen-bond donors (Lipinski definition) is 1. The van der Waals surface area contributed by atoms with Gasteiger partial charge >= 0.3 is 0 Å². The maximum absolute atomic E-state index is 12.3. The van der Waals surface area contributed by atoms with Gasteiger partial charge in [-0.3, -0.25) is 4.79 Å². The van der Waals surface area contributed by atoms with Crippen molar-refractivity contribution >= 4 is 11.7 Å². The Kier molecular flexibility index (Phi) is 5.30. The van der Waals surface area contributed by atoms with Crippen LogP contribution in [0, 0.1) is 19.8 Å². The molecule has 0 radical (unpaired) electrons. The van der Waals surface area contributed by atoms with E-state index in [2.05, 4.69) is 42.5 Å². The van der Waals surface area contributed by atoms with Crippen molar-refractivity contribution in [1.29, 1.82) is 0 Å². The number of nitrogens with one attached hydrogen (secondary N) is 1. The third kappa shape index (κ3) is 4.23. The van der Waals surface area contributed by atoms with Gasteiger partial charge in [0.2, 0.25) is 5.91 Å². The highest BCUT2D eigenvalue weighted by atomic mass is 16.5. The highest BCUT2D eigenvalue weighted by molar-refractivity contribution is 5.89. The third-order valence-electron chi connectivity index (χ3n) is 4.56. The van der Waals surface area contributed by atoms with Gasteiger partial charge in [0, 0.05) is 31.6 Å². The largest absolute Gasteiger partial charge is 0.381 e. The quantitative estimate of drug-likeness (QED) is 0.887. The van der Waals surface area contributed by atoms with Gasteiger partial charge in [0.25, 0.3) is 0 Å². The molecule has 1 atom stereocenters. The number of hydrogen-bond acceptors (Lipinski definition) is 3. The number of aromatic nitrogens is 2. The molecule has 1 aromatic heterocycles. The Morgan fingerprint density at radius 1 is 1.38 bits per heavy atom. The Bertz CT molecular complexity index is 702. The first-order chi connectivity index (χ1) is 11.6. The van der Waals surface area contributed by atoms with E-state index in [9.17, 15) is 4.79 Å². The number of benzene rings is 1. The number of ether oxygens (including phenoxy) is 1. The van der Waals surface area contributed by atoms with Crippen molar-refractivity contribution in [3.8, 4) is 0 Å². The van der Waals surface area contributed by atoms with Gasteiger partial charge in [0.1, 0.15) is 5.82 Å². The van der Waals surface area contributed by atoms with Crippen molar-refractivity contribution in [3.05, 3.63) is 47.2 Å². The number of aryl methyl sites for hydroxylation is 3. The van der Waals surface area contributed by atoms with Crippen LogP contribution in [0.3, 0.4) is 0 Å². The molecule has 1 saturated heterocycles. The van der Waals surface area contributed by atoms with Gasteiger partial charge in [-0.25, -0.2) is 4.68 Å². The number of amides is 1. The summed E-state index contributed by atoms with van der Waals surface area (Å²) >= 11 is 0. The second-order valence-corrected chi connectivity index (χ2v) is 6.61. The average Bonchev–Trinajstić information content (AvgIpc) is 3.20. The first-order valence-corrected chi connectivity index (χ1v) is 8.57. The highest BCUT2D eigenvalue weighted by Crippen LogP contribution is 2.18. The van der Waals surface area contributed by atoms with E-state index in [1.807, 2.05) is 10.7 Å². The molecule has 128 valence electrons. The number of carbonyl (C=O) groups is 1. The van der Waals surface area contributed by atoms with Gasteiger partial charge < -0.3 is 10.1 Å². The molecule has 2 aromatic rings. The Morgan fingerprint density at radius 2 is 2.25 bits per heavy atom. The lowest BCUT2D eigenvalue weighted by molar-refractivity contribution is -0.116. The van der Waals surface area contributed by atoms with Crippen LogP contribution < -0.4 is 5.32 Å². The van der Waals surface area contributed by atoms with Crippen molar-refractivity contribution in [3.63, 3.8) is 0 Å². The van der Waals surface area contributed by atoms with Crippen LogP contribution in [0.5, 0.6) is 0 Å². The molecule has 1 N–H and O–H groups in total. The monoisotopic (exact) mass is 327 g/mol. The maximum Gasteiger partial charge on any atom is 0.225 e. The molecule has 0 aliphatic carbocycles. The van der Waals surface area contributed by atoms with Crippen LogP contribution in [0.4, 0.5) is 5.82 Å². The zero-order chi connectivity index (χ0) is 16.9. The molecule has 3 rings (SSSR count). The van der Waals surface area contributed by atoms with Crippen molar-refractivity contribution in [2.45, 2.75) is 39.7 Å². The Hall–Kier alpha value is -2.14. The van der Waals surface area contributed by atoms with Crippen LogP contribution in [-0.4, -0.2) is 28.9 Å². The summed E-state index contributed by atoms with van der Waals surface area (Å²) in [6, 6.07) is 8.22. The van der Waals surface area contributed by atoms with E-state index in [0.717, 1.165) is 38.4 Å². The molecule has 0 unspecified atom stereocenters. The van der Waals surface area contributed by atoms with Gasteiger partial charge in [-0.2, -0.15) is 5.10 Å². The lowest BCUT2D eigenvalue weighted by Crippen LogP contribution is -2.19. The van der Waals surface area contributed by atoms with Crippen molar-refractivity contribution in [2.75, 3.05) is 18.5 Å². The average molecular weight is 327 g/mol. The van der Waals surface area contributed by atoms with E-state index in [-0.39, 0.29) is 5.91 Å². The lowest BCUT2D eigenvalue weighted by atomic mass is 10.0. The molecule has 0 saturated carbocycles. The Labute approximate surface area is 143 Å². The molecular weight excluding hydrogens is 302 g/mol. The van der Waals surface area contributed by atoms with Crippen LogP contribution in [-0.2, 0) is 22.5 Å². The van der Waals surface area contributed by atoms with Crippen molar-refractivity contribution < 1.29 is 9.53 Å². The van der Waals surface area contributed by atoms with Crippen LogP contribution in [0.1, 0.15) is 29.5 Å². The molecule has 5 heteroatoms. The standard InChI is InChI=1S/C19H25N3O2/c1-14-3-4-17(15(2)11-14)5-6-19(23)21-18-7-9-20-22(18)12-16-8-10-24-13-16/h3-4,7,9,11,16H,5-6,8,10,12-13H2,1-2H3,(H,21,23)/t16-/m0/s1. The van der Waals surface area contributed by atoms with E-state index >= 15 is 0 Å². The molecule has 1 aliphatic rings. The molecule has 1 fully saturated rings. The fraction of sp³-hybridized carbons (Fsp3) is 0.474.